The molecule has 0 unspecified atom stereocenters. The number of hydrogen-bond donors (Lipinski definition) is 3. The third-order valence-electron chi connectivity index (χ3n) is 1.39. The average molecular weight is 169 g/mol. The normalized spacial score (nSPS) is 19.9. The highest BCUT2D eigenvalue weighted by atomic mass is 19.3. The highest BCUT2D eigenvalue weighted by Gasteiger charge is 2.33. The molecule has 0 fully saturated rings. The molecule has 68 valence electrons. The Morgan fingerprint density at radius 1 is 1.55 bits per heavy atom. The highest BCUT2D eigenvalue weighted by Crippen LogP contribution is 2.20. The van der Waals surface area contributed by atoms with Gasteiger partial charge in [0.05, 0.1) is 6.10 Å². The summed E-state index contributed by atoms with van der Waals surface area (Å²) in [7, 11) is 0. The molecule has 2 atom stereocenters. The van der Waals surface area contributed by atoms with E-state index in [4.69, 9.17) is 15.9 Å². The summed E-state index contributed by atoms with van der Waals surface area (Å²) < 4.78 is 23.8. The van der Waals surface area contributed by atoms with Crippen molar-refractivity contribution in [2.24, 2.45) is 5.73 Å². The van der Waals surface area contributed by atoms with Crippen molar-refractivity contribution >= 4 is 0 Å². The maximum Gasteiger partial charge on any atom is 0.266 e. The van der Waals surface area contributed by atoms with E-state index in [0.29, 0.717) is 0 Å². The van der Waals surface area contributed by atoms with Crippen molar-refractivity contribution in [3.05, 3.63) is 0 Å². The van der Waals surface area contributed by atoms with Gasteiger partial charge in [0.2, 0.25) is 0 Å². The molecule has 11 heavy (non-hydrogen) atoms. The third kappa shape index (κ3) is 3.60. The van der Waals surface area contributed by atoms with Crippen LogP contribution in [-0.2, 0) is 0 Å². The van der Waals surface area contributed by atoms with Gasteiger partial charge in [-0.25, -0.2) is 8.78 Å². The van der Waals surface area contributed by atoms with Gasteiger partial charge in [-0.2, -0.15) is 0 Å². The van der Waals surface area contributed by atoms with Crippen LogP contribution in [0, 0.1) is 0 Å². The molecule has 0 aromatic heterocycles. The van der Waals surface area contributed by atoms with E-state index in [1.165, 1.54) is 0 Å². The quantitative estimate of drug-likeness (QED) is 0.542. The van der Waals surface area contributed by atoms with Crippen LogP contribution in [0.4, 0.5) is 8.78 Å². The van der Waals surface area contributed by atoms with E-state index >= 15 is 0 Å². The lowest BCUT2D eigenvalue weighted by Crippen LogP contribution is -2.39. The van der Waals surface area contributed by atoms with Gasteiger partial charge in [-0.3, -0.25) is 0 Å². The summed E-state index contributed by atoms with van der Waals surface area (Å²) in [5.74, 6) is 0. The number of hydrogen-bond acceptors (Lipinski definition) is 3. The topological polar surface area (TPSA) is 66.5 Å². The van der Waals surface area contributed by atoms with E-state index in [2.05, 4.69) is 0 Å². The molecule has 0 bridgehead atoms. The average Bonchev–Trinajstić information content (AvgIpc) is 1.86. The van der Waals surface area contributed by atoms with E-state index < -0.39 is 24.6 Å². The lowest BCUT2D eigenvalue weighted by atomic mass is 9.99. The second-order valence-corrected chi connectivity index (χ2v) is 2.75. The van der Waals surface area contributed by atoms with Crippen LogP contribution in [0.2, 0.25) is 0 Å². The number of aliphatic hydroxyl groups is 2. The van der Waals surface area contributed by atoms with Crippen LogP contribution < -0.4 is 5.73 Å². The summed E-state index contributed by atoms with van der Waals surface area (Å²) in [4.78, 5) is 0. The molecule has 0 aliphatic carbocycles. The van der Waals surface area contributed by atoms with Crippen LogP contribution in [0.3, 0.4) is 0 Å². The number of aliphatic hydroxyl groups excluding tert-OH is 1. The standard InChI is InChI=1S/C6H13F2NO2/c1-6(11,5(7)8)2-4(10)3-9/h4-5,10-11H,2-3,9H2,1H3/t4-,6+/m0/s1. The van der Waals surface area contributed by atoms with Gasteiger partial charge in [0.25, 0.3) is 6.43 Å². The minimum Gasteiger partial charge on any atom is -0.392 e. The molecule has 0 spiro atoms. The summed E-state index contributed by atoms with van der Waals surface area (Å²) in [5, 5.41) is 17.8. The van der Waals surface area contributed by atoms with E-state index in [1.54, 1.807) is 0 Å². The maximum absolute atomic E-state index is 11.9. The van der Waals surface area contributed by atoms with E-state index in [-0.39, 0.29) is 6.54 Å². The SMILES string of the molecule is C[C@@](O)(C[C@H](O)CN)C(F)F. The fourth-order valence-electron chi connectivity index (χ4n) is 0.649. The zero-order valence-electron chi connectivity index (χ0n) is 6.30. The Balaban J connectivity index is 3.90. The van der Waals surface area contributed by atoms with Gasteiger partial charge in [-0.1, -0.05) is 0 Å². The molecule has 4 N–H and O–H groups in total. The van der Waals surface area contributed by atoms with E-state index in [0.717, 1.165) is 6.92 Å². The molecule has 0 saturated carbocycles. The van der Waals surface area contributed by atoms with Crippen LogP contribution in [0.1, 0.15) is 13.3 Å². The molecular formula is C6H13F2NO2. The van der Waals surface area contributed by atoms with Gasteiger partial charge in [0.1, 0.15) is 5.60 Å². The molecular weight excluding hydrogens is 156 g/mol. The second kappa shape index (κ2) is 3.94. The van der Waals surface area contributed by atoms with Gasteiger partial charge in [-0.15, -0.1) is 0 Å². The van der Waals surface area contributed by atoms with E-state index in [1.807, 2.05) is 0 Å². The van der Waals surface area contributed by atoms with Gasteiger partial charge >= 0.3 is 0 Å². The van der Waals surface area contributed by atoms with Crippen LogP contribution in [0.15, 0.2) is 0 Å². The Hall–Kier alpha value is -0.260. The van der Waals surface area contributed by atoms with Crippen molar-refractivity contribution in [1.82, 2.24) is 0 Å². The van der Waals surface area contributed by atoms with Crippen molar-refractivity contribution in [3.63, 3.8) is 0 Å². The van der Waals surface area contributed by atoms with Crippen molar-refractivity contribution < 1.29 is 19.0 Å². The Labute approximate surface area is 63.8 Å². The lowest BCUT2D eigenvalue weighted by molar-refractivity contribution is -0.104. The molecule has 0 saturated heterocycles. The predicted octanol–water partition coefficient (Wildman–Crippen LogP) is -0.288. The minimum absolute atomic E-state index is 0.122. The minimum atomic E-state index is -2.86. The molecule has 3 nitrogen and oxygen atoms in total. The summed E-state index contributed by atoms with van der Waals surface area (Å²) in [5.41, 5.74) is 2.83. The zero-order chi connectivity index (χ0) is 9.07. The smallest absolute Gasteiger partial charge is 0.266 e. The monoisotopic (exact) mass is 169 g/mol. The Kier molecular flexibility index (Phi) is 3.85. The van der Waals surface area contributed by atoms with Gasteiger partial charge in [0.15, 0.2) is 0 Å². The fourth-order valence-corrected chi connectivity index (χ4v) is 0.649. The molecule has 0 aromatic rings. The van der Waals surface area contributed by atoms with Crippen molar-refractivity contribution in [3.8, 4) is 0 Å². The third-order valence-corrected chi connectivity index (χ3v) is 1.39. The molecule has 0 aliphatic heterocycles. The van der Waals surface area contributed by atoms with Crippen LogP contribution in [0.25, 0.3) is 0 Å². The first kappa shape index (κ1) is 10.7. The number of halogens is 2. The highest BCUT2D eigenvalue weighted by molar-refractivity contribution is 4.79. The summed E-state index contributed by atoms with van der Waals surface area (Å²) in [6.07, 6.45) is -4.33. The number of nitrogens with two attached hydrogens (primary N) is 1. The molecule has 5 heteroatoms. The second-order valence-electron chi connectivity index (χ2n) is 2.75. The number of rotatable bonds is 4. The summed E-state index contributed by atoms with van der Waals surface area (Å²) >= 11 is 0. The molecule has 0 heterocycles. The lowest BCUT2D eigenvalue weighted by Gasteiger charge is -2.24. The largest absolute Gasteiger partial charge is 0.392 e. The first-order valence-corrected chi connectivity index (χ1v) is 3.29. The molecule has 0 rings (SSSR count). The number of alkyl halides is 2. The summed E-state index contributed by atoms with van der Waals surface area (Å²) in [6.45, 7) is 0.847. The van der Waals surface area contributed by atoms with Crippen molar-refractivity contribution in [2.75, 3.05) is 6.54 Å². The zero-order valence-corrected chi connectivity index (χ0v) is 6.30. The van der Waals surface area contributed by atoms with Crippen LogP contribution in [0.5, 0.6) is 0 Å². The van der Waals surface area contributed by atoms with Gasteiger partial charge in [-0.05, 0) is 6.92 Å². The predicted molar refractivity (Wildman–Crippen MR) is 36.3 cm³/mol. The molecule has 0 radical (unpaired) electrons. The molecule has 0 aromatic carbocycles. The van der Waals surface area contributed by atoms with Gasteiger partial charge < -0.3 is 15.9 Å². The van der Waals surface area contributed by atoms with Gasteiger partial charge in [0, 0.05) is 13.0 Å². The first-order valence-electron chi connectivity index (χ1n) is 3.29. The maximum atomic E-state index is 11.9. The molecule has 0 aliphatic rings. The van der Waals surface area contributed by atoms with Crippen molar-refractivity contribution in [2.45, 2.75) is 31.5 Å². The van der Waals surface area contributed by atoms with Crippen LogP contribution >= 0.6 is 0 Å². The van der Waals surface area contributed by atoms with Crippen molar-refractivity contribution in [1.29, 1.82) is 0 Å². The Morgan fingerprint density at radius 2 is 2.00 bits per heavy atom. The molecule has 0 amide bonds. The Morgan fingerprint density at radius 3 is 2.27 bits per heavy atom. The first-order chi connectivity index (χ1) is 4.90. The fraction of sp³-hybridized carbons (Fsp3) is 1.00. The van der Waals surface area contributed by atoms with Crippen LogP contribution in [-0.4, -0.2) is 34.9 Å². The summed E-state index contributed by atoms with van der Waals surface area (Å²) in [6, 6.07) is 0. The van der Waals surface area contributed by atoms with E-state index in [9.17, 15) is 8.78 Å². The Bertz CT molecular complexity index is 119.